The van der Waals surface area contributed by atoms with Gasteiger partial charge in [-0.2, -0.15) is 0 Å². The van der Waals surface area contributed by atoms with Crippen molar-refractivity contribution < 1.29 is 18.7 Å². The van der Waals surface area contributed by atoms with E-state index >= 15 is 0 Å². The first-order valence-electron chi connectivity index (χ1n) is 7.50. The minimum atomic E-state index is -0.664. The molecule has 1 N–H and O–H groups in total. The van der Waals surface area contributed by atoms with Crippen molar-refractivity contribution in [1.29, 1.82) is 0 Å². The third-order valence-electron chi connectivity index (χ3n) is 3.20. The van der Waals surface area contributed by atoms with Crippen molar-refractivity contribution in [1.82, 2.24) is 5.32 Å². The second-order valence-corrected chi connectivity index (χ2v) is 5.01. The van der Waals surface area contributed by atoms with E-state index in [4.69, 9.17) is 9.47 Å². The summed E-state index contributed by atoms with van der Waals surface area (Å²) in [6.07, 6.45) is -0.664. The molecule has 5 heteroatoms. The fraction of sp³-hybridized carbons (Fsp3) is 0.278. The quantitative estimate of drug-likeness (QED) is 0.852. The van der Waals surface area contributed by atoms with Gasteiger partial charge in [-0.25, -0.2) is 4.39 Å². The van der Waals surface area contributed by atoms with Crippen LogP contribution in [0.2, 0.25) is 0 Å². The van der Waals surface area contributed by atoms with Gasteiger partial charge in [-0.15, -0.1) is 0 Å². The lowest BCUT2D eigenvalue weighted by Gasteiger charge is -2.15. The molecule has 0 bridgehead atoms. The molecule has 23 heavy (non-hydrogen) atoms. The first kappa shape index (κ1) is 16.8. The smallest absolute Gasteiger partial charge is 0.261 e. The third kappa shape index (κ3) is 5.29. The number of rotatable bonds is 7. The molecule has 0 aromatic heterocycles. The Balaban J connectivity index is 1.82. The van der Waals surface area contributed by atoms with Gasteiger partial charge in [0.15, 0.2) is 6.10 Å². The maximum Gasteiger partial charge on any atom is 0.261 e. The number of nitrogens with one attached hydrogen (secondary N) is 1. The molecule has 4 nitrogen and oxygen atoms in total. The first-order valence-corrected chi connectivity index (χ1v) is 7.50. The van der Waals surface area contributed by atoms with E-state index in [1.807, 2.05) is 31.2 Å². The predicted molar refractivity (Wildman–Crippen MR) is 85.9 cm³/mol. The Morgan fingerprint density at radius 3 is 2.30 bits per heavy atom. The van der Waals surface area contributed by atoms with Crippen molar-refractivity contribution >= 4 is 5.91 Å². The van der Waals surface area contributed by atoms with Crippen LogP contribution in [0.15, 0.2) is 48.5 Å². The van der Waals surface area contributed by atoms with E-state index in [-0.39, 0.29) is 11.7 Å². The predicted octanol–water partition coefficient (Wildman–Crippen LogP) is 3.31. The number of benzene rings is 2. The van der Waals surface area contributed by atoms with Gasteiger partial charge in [-0.3, -0.25) is 4.79 Å². The highest BCUT2D eigenvalue weighted by molar-refractivity contribution is 5.80. The van der Waals surface area contributed by atoms with Crippen LogP contribution < -0.4 is 14.8 Å². The summed E-state index contributed by atoms with van der Waals surface area (Å²) in [5.74, 6) is 0.680. The zero-order valence-corrected chi connectivity index (χ0v) is 13.2. The number of halogens is 1. The highest BCUT2D eigenvalue weighted by atomic mass is 19.1. The number of hydrogen-bond acceptors (Lipinski definition) is 3. The molecule has 0 heterocycles. The van der Waals surface area contributed by atoms with Crippen molar-refractivity contribution in [2.24, 2.45) is 0 Å². The summed E-state index contributed by atoms with van der Waals surface area (Å²) in [5, 5.41) is 2.80. The average molecular weight is 317 g/mol. The molecule has 1 amide bonds. The van der Waals surface area contributed by atoms with Crippen LogP contribution in [0.25, 0.3) is 0 Å². The summed E-state index contributed by atoms with van der Waals surface area (Å²) in [7, 11) is 0. The Labute approximate surface area is 135 Å². The number of carbonyl (C=O) groups excluding carboxylic acids is 1. The van der Waals surface area contributed by atoms with Crippen molar-refractivity contribution in [2.45, 2.75) is 26.5 Å². The minimum absolute atomic E-state index is 0.233. The van der Waals surface area contributed by atoms with Crippen molar-refractivity contribution in [2.75, 3.05) is 6.61 Å². The Morgan fingerprint density at radius 2 is 1.70 bits per heavy atom. The minimum Gasteiger partial charge on any atom is -0.494 e. The number of hydrogen-bond donors (Lipinski definition) is 1. The molecule has 2 rings (SSSR count). The highest BCUT2D eigenvalue weighted by Gasteiger charge is 2.14. The van der Waals surface area contributed by atoms with Gasteiger partial charge >= 0.3 is 0 Å². The lowest BCUT2D eigenvalue weighted by Crippen LogP contribution is -2.35. The monoisotopic (exact) mass is 317 g/mol. The maximum atomic E-state index is 12.8. The van der Waals surface area contributed by atoms with E-state index < -0.39 is 6.10 Å². The molecule has 0 radical (unpaired) electrons. The molecule has 2 aromatic carbocycles. The molecule has 0 saturated heterocycles. The number of ether oxygens (including phenoxy) is 2. The molecule has 2 aromatic rings. The van der Waals surface area contributed by atoms with Gasteiger partial charge in [0.25, 0.3) is 5.91 Å². The molecule has 1 atom stereocenters. The number of carbonyl (C=O) groups is 1. The second-order valence-electron chi connectivity index (χ2n) is 5.01. The first-order chi connectivity index (χ1) is 11.1. The average Bonchev–Trinajstić information content (AvgIpc) is 2.56. The van der Waals surface area contributed by atoms with Gasteiger partial charge in [0.1, 0.15) is 17.3 Å². The summed E-state index contributed by atoms with van der Waals surface area (Å²) < 4.78 is 23.7. The van der Waals surface area contributed by atoms with Crippen LogP contribution in [-0.2, 0) is 11.3 Å². The van der Waals surface area contributed by atoms with E-state index in [1.165, 1.54) is 24.3 Å². The Bertz CT molecular complexity index is 626. The normalized spacial score (nSPS) is 11.6. The number of amides is 1. The molecule has 0 fully saturated rings. The van der Waals surface area contributed by atoms with Crippen LogP contribution in [0.4, 0.5) is 4.39 Å². The summed E-state index contributed by atoms with van der Waals surface area (Å²) in [6, 6.07) is 13.1. The maximum absolute atomic E-state index is 12.8. The molecule has 122 valence electrons. The van der Waals surface area contributed by atoms with Gasteiger partial charge in [-0.1, -0.05) is 12.1 Å². The second kappa shape index (κ2) is 8.17. The Kier molecular flexibility index (Phi) is 5.97. The molecule has 0 saturated carbocycles. The van der Waals surface area contributed by atoms with Crippen LogP contribution in [0, 0.1) is 5.82 Å². The molecule has 0 aliphatic heterocycles. The van der Waals surface area contributed by atoms with Crippen LogP contribution in [0.1, 0.15) is 19.4 Å². The summed E-state index contributed by atoms with van der Waals surface area (Å²) in [4.78, 5) is 12.0. The van der Waals surface area contributed by atoms with Crippen LogP contribution in [0.5, 0.6) is 11.5 Å². The van der Waals surface area contributed by atoms with Gasteiger partial charge in [0.2, 0.25) is 0 Å². The van der Waals surface area contributed by atoms with Gasteiger partial charge in [0, 0.05) is 6.54 Å². The highest BCUT2D eigenvalue weighted by Crippen LogP contribution is 2.14. The van der Waals surface area contributed by atoms with Gasteiger partial charge < -0.3 is 14.8 Å². The fourth-order valence-corrected chi connectivity index (χ4v) is 1.97. The molecule has 0 spiro atoms. The van der Waals surface area contributed by atoms with Crippen molar-refractivity contribution in [3.8, 4) is 11.5 Å². The zero-order chi connectivity index (χ0) is 16.7. The zero-order valence-electron chi connectivity index (χ0n) is 13.2. The Morgan fingerprint density at radius 1 is 1.09 bits per heavy atom. The standard InChI is InChI=1S/C18H20FNO3/c1-3-22-16-8-4-14(5-9-16)12-20-18(21)13(2)23-17-10-6-15(19)7-11-17/h4-11,13H,3,12H2,1-2H3,(H,20,21). The SMILES string of the molecule is CCOc1ccc(CNC(=O)C(C)Oc2ccc(F)cc2)cc1. The largest absolute Gasteiger partial charge is 0.494 e. The van der Waals surface area contributed by atoms with E-state index in [1.54, 1.807) is 6.92 Å². The van der Waals surface area contributed by atoms with Gasteiger partial charge in [0.05, 0.1) is 6.61 Å². The van der Waals surface area contributed by atoms with E-state index in [2.05, 4.69) is 5.32 Å². The lowest BCUT2D eigenvalue weighted by atomic mass is 10.2. The van der Waals surface area contributed by atoms with Gasteiger partial charge in [-0.05, 0) is 55.8 Å². The molecule has 1 unspecified atom stereocenters. The van der Waals surface area contributed by atoms with Crippen LogP contribution >= 0.6 is 0 Å². The third-order valence-corrected chi connectivity index (χ3v) is 3.20. The summed E-state index contributed by atoms with van der Waals surface area (Å²) >= 11 is 0. The molecule has 0 aliphatic rings. The topological polar surface area (TPSA) is 47.6 Å². The Hall–Kier alpha value is -2.56. The lowest BCUT2D eigenvalue weighted by molar-refractivity contribution is -0.127. The van der Waals surface area contributed by atoms with Crippen molar-refractivity contribution in [3.05, 3.63) is 59.9 Å². The molecule has 0 aliphatic carbocycles. The van der Waals surface area contributed by atoms with E-state index in [0.717, 1.165) is 11.3 Å². The van der Waals surface area contributed by atoms with E-state index in [0.29, 0.717) is 18.9 Å². The van der Waals surface area contributed by atoms with Crippen molar-refractivity contribution in [3.63, 3.8) is 0 Å². The molecular formula is C18H20FNO3. The fourth-order valence-electron chi connectivity index (χ4n) is 1.97. The van der Waals surface area contributed by atoms with E-state index in [9.17, 15) is 9.18 Å². The molecular weight excluding hydrogens is 297 g/mol. The summed E-state index contributed by atoms with van der Waals surface area (Å²) in [6.45, 7) is 4.60. The summed E-state index contributed by atoms with van der Waals surface area (Å²) in [5.41, 5.74) is 0.968. The van der Waals surface area contributed by atoms with Crippen LogP contribution in [0.3, 0.4) is 0 Å². The van der Waals surface area contributed by atoms with Crippen LogP contribution in [-0.4, -0.2) is 18.6 Å².